The standard InChI is InChI=1S/C19H26Cl2N4O/c1-14-17(12-22-13-19(2,3)24-7-9-26-10-8-24)18(21)25(23-14)16-6-4-5-15(20)11-16/h4-6,11,22H,7-10,12-13H2,1-3H3. The molecule has 0 unspecified atom stereocenters. The highest BCUT2D eigenvalue weighted by atomic mass is 35.5. The minimum absolute atomic E-state index is 0.0626. The number of halogens is 2. The molecular formula is C19H26Cl2N4O. The molecule has 1 aromatic carbocycles. The number of aryl methyl sites for hydroxylation is 1. The lowest BCUT2D eigenvalue weighted by atomic mass is 10.0. The van der Waals surface area contributed by atoms with Gasteiger partial charge < -0.3 is 10.1 Å². The topological polar surface area (TPSA) is 42.3 Å². The molecule has 0 bridgehead atoms. The van der Waals surface area contributed by atoms with E-state index < -0.39 is 0 Å². The molecule has 0 radical (unpaired) electrons. The minimum atomic E-state index is 0.0626. The van der Waals surface area contributed by atoms with E-state index in [9.17, 15) is 0 Å². The van der Waals surface area contributed by atoms with Gasteiger partial charge in [0.1, 0.15) is 5.15 Å². The van der Waals surface area contributed by atoms with Crippen molar-refractivity contribution in [3.63, 3.8) is 0 Å². The van der Waals surface area contributed by atoms with Gasteiger partial charge in [0.25, 0.3) is 0 Å². The van der Waals surface area contributed by atoms with Crippen LogP contribution in [0.15, 0.2) is 24.3 Å². The van der Waals surface area contributed by atoms with Crippen LogP contribution in [0, 0.1) is 6.92 Å². The summed E-state index contributed by atoms with van der Waals surface area (Å²) in [4.78, 5) is 2.47. The molecule has 2 heterocycles. The fourth-order valence-electron chi connectivity index (χ4n) is 3.29. The lowest BCUT2D eigenvalue weighted by Gasteiger charge is -2.41. The summed E-state index contributed by atoms with van der Waals surface area (Å²) in [6.07, 6.45) is 0. The van der Waals surface area contributed by atoms with Crippen LogP contribution in [0.2, 0.25) is 10.2 Å². The third kappa shape index (κ3) is 4.41. The molecule has 26 heavy (non-hydrogen) atoms. The first-order valence-corrected chi connectivity index (χ1v) is 9.67. The van der Waals surface area contributed by atoms with E-state index >= 15 is 0 Å². The molecule has 0 amide bonds. The Kier molecular flexibility index (Phi) is 6.25. The predicted octanol–water partition coefficient (Wildman–Crippen LogP) is 3.69. The number of nitrogens with one attached hydrogen (secondary N) is 1. The molecule has 3 rings (SSSR count). The normalized spacial score (nSPS) is 16.2. The van der Waals surface area contributed by atoms with Gasteiger partial charge in [0.2, 0.25) is 0 Å². The molecule has 7 heteroatoms. The van der Waals surface area contributed by atoms with Crippen molar-refractivity contribution in [1.82, 2.24) is 20.0 Å². The lowest BCUT2D eigenvalue weighted by Crippen LogP contribution is -2.54. The van der Waals surface area contributed by atoms with Gasteiger partial charge >= 0.3 is 0 Å². The second-order valence-corrected chi connectivity index (χ2v) is 8.06. The number of benzene rings is 1. The van der Waals surface area contributed by atoms with E-state index in [1.165, 1.54) is 0 Å². The molecule has 1 saturated heterocycles. The van der Waals surface area contributed by atoms with E-state index in [0.29, 0.717) is 16.7 Å². The van der Waals surface area contributed by atoms with Gasteiger partial charge in [-0.3, -0.25) is 4.90 Å². The van der Waals surface area contributed by atoms with E-state index in [1.54, 1.807) is 4.68 Å². The third-order valence-corrected chi connectivity index (χ3v) is 5.52. The maximum absolute atomic E-state index is 6.61. The molecule has 0 saturated carbocycles. The van der Waals surface area contributed by atoms with Gasteiger partial charge in [0, 0.05) is 42.3 Å². The van der Waals surface area contributed by atoms with Crippen molar-refractivity contribution in [2.45, 2.75) is 32.9 Å². The molecule has 1 fully saturated rings. The summed E-state index contributed by atoms with van der Waals surface area (Å²) in [6, 6.07) is 7.54. The summed E-state index contributed by atoms with van der Waals surface area (Å²) in [6.45, 7) is 11.6. The molecule has 1 N–H and O–H groups in total. The highest BCUT2D eigenvalue weighted by Gasteiger charge is 2.28. The van der Waals surface area contributed by atoms with Crippen LogP contribution in [-0.4, -0.2) is 53.1 Å². The molecule has 2 aromatic rings. The van der Waals surface area contributed by atoms with Gasteiger partial charge in [0.05, 0.1) is 24.6 Å². The SMILES string of the molecule is Cc1nn(-c2cccc(Cl)c2)c(Cl)c1CNCC(C)(C)N1CCOCC1. The quantitative estimate of drug-likeness (QED) is 0.808. The maximum Gasteiger partial charge on any atom is 0.137 e. The van der Waals surface area contributed by atoms with Crippen LogP contribution < -0.4 is 5.32 Å². The zero-order valence-corrected chi connectivity index (χ0v) is 17.1. The van der Waals surface area contributed by atoms with Gasteiger partial charge in [-0.25, -0.2) is 4.68 Å². The minimum Gasteiger partial charge on any atom is -0.379 e. The van der Waals surface area contributed by atoms with Gasteiger partial charge in [0.15, 0.2) is 0 Å². The monoisotopic (exact) mass is 396 g/mol. The smallest absolute Gasteiger partial charge is 0.137 e. The summed E-state index contributed by atoms with van der Waals surface area (Å²) in [5, 5.41) is 9.43. The van der Waals surface area contributed by atoms with Crippen LogP contribution in [0.4, 0.5) is 0 Å². The molecule has 0 spiro atoms. The molecule has 142 valence electrons. The Bertz CT molecular complexity index is 754. The average Bonchev–Trinajstić information content (AvgIpc) is 2.90. The Labute approximate surface area is 165 Å². The summed E-state index contributed by atoms with van der Waals surface area (Å²) < 4.78 is 7.20. The number of nitrogens with zero attached hydrogens (tertiary/aromatic N) is 3. The van der Waals surface area contributed by atoms with Crippen molar-refractivity contribution in [3.05, 3.63) is 45.7 Å². The molecule has 0 atom stereocenters. The number of hydrogen-bond acceptors (Lipinski definition) is 4. The fourth-order valence-corrected chi connectivity index (χ4v) is 3.81. The van der Waals surface area contributed by atoms with Crippen LogP contribution in [0.25, 0.3) is 5.69 Å². The van der Waals surface area contributed by atoms with Crippen molar-refractivity contribution in [1.29, 1.82) is 0 Å². The Morgan fingerprint density at radius 3 is 2.65 bits per heavy atom. The van der Waals surface area contributed by atoms with Crippen LogP contribution in [-0.2, 0) is 11.3 Å². The van der Waals surface area contributed by atoms with E-state index in [0.717, 1.165) is 49.8 Å². The molecule has 1 aromatic heterocycles. The number of aromatic nitrogens is 2. The van der Waals surface area contributed by atoms with Crippen LogP contribution in [0.5, 0.6) is 0 Å². The number of rotatable bonds is 6. The fraction of sp³-hybridized carbons (Fsp3) is 0.526. The van der Waals surface area contributed by atoms with Crippen LogP contribution >= 0.6 is 23.2 Å². The Morgan fingerprint density at radius 2 is 1.96 bits per heavy atom. The second kappa shape index (κ2) is 8.28. The first kappa shape index (κ1) is 19.6. The highest BCUT2D eigenvalue weighted by molar-refractivity contribution is 6.31. The van der Waals surface area contributed by atoms with Crippen molar-refractivity contribution < 1.29 is 4.74 Å². The third-order valence-electron chi connectivity index (χ3n) is 4.90. The zero-order valence-electron chi connectivity index (χ0n) is 15.6. The summed E-state index contributed by atoms with van der Waals surface area (Å²) >= 11 is 12.7. The largest absolute Gasteiger partial charge is 0.379 e. The zero-order chi connectivity index (χ0) is 18.7. The van der Waals surface area contributed by atoms with Crippen molar-refractivity contribution in [2.75, 3.05) is 32.8 Å². The van der Waals surface area contributed by atoms with Gasteiger partial charge in [-0.1, -0.05) is 29.3 Å². The van der Waals surface area contributed by atoms with Crippen LogP contribution in [0.3, 0.4) is 0 Å². The number of morpholine rings is 1. The Hall–Kier alpha value is -1.11. The molecule has 1 aliphatic rings. The van der Waals surface area contributed by atoms with E-state index in [1.807, 2.05) is 31.2 Å². The Balaban J connectivity index is 1.67. The number of hydrogen-bond donors (Lipinski definition) is 1. The van der Waals surface area contributed by atoms with Gasteiger partial charge in [-0.15, -0.1) is 0 Å². The average molecular weight is 397 g/mol. The molecule has 0 aliphatic carbocycles. The van der Waals surface area contributed by atoms with E-state index in [2.05, 4.69) is 29.2 Å². The van der Waals surface area contributed by atoms with Gasteiger partial charge in [-0.2, -0.15) is 5.10 Å². The van der Waals surface area contributed by atoms with Gasteiger partial charge in [-0.05, 0) is 39.0 Å². The predicted molar refractivity (Wildman–Crippen MR) is 106 cm³/mol. The Morgan fingerprint density at radius 1 is 1.23 bits per heavy atom. The highest BCUT2D eigenvalue weighted by Crippen LogP contribution is 2.25. The van der Waals surface area contributed by atoms with Crippen molar-refractivity contribution >= 4 is 23.2 Å². The van der Waals surface area contributed by atoms with Crippen molar-refractivity contribution in [2.24, 2.45) is 0 Å². The summed E-state index contributed by atoms with van der Waals surface area (Å²) in [7, 11) is 0. The van der Waals surface area contributed by atoms with Crippen LogP contribution in [0.1, 0.15) is 25.1 Å². The molecule has 1 aliphatic heterocycles. The first-order valence-electron chi connectivity index (χ1n) is 8.92. The first-order chi connectivity index (χ1) is 12.4. The van der Waals surface area contributed by atoms with E-state index in [-0.39, 0.29) is 5.54 Å². The van der Waals surface area contributed by atoms with E-state index in [4.69, 9.17) is 27.9 Å². The number of ether oxygens (including phenoxy) is 1. The maximum atomic E-state index is 6.61. The summed E-state index contributed by atoms with van der Waals surface area (Å²) in [5.74, 6) is 0. The summed E-state index contributed by atoms with van der Waals surface area (Å²) in [5.41, 5.74) is 2.87. The molecule has 5 nitrogen and oxygen atoms in total. The second-order valence-electron chi connectivity index (χ2n) is 7.26. The van der Waals surface area contributed by atoms with Crippen molar-refractivity contribution in [3.8, 4) is 5.69 Å². The lowest BCUT2D eigenvalue weighted by molar-refractivity contribution is -0.00967. The molecular weight excluding hydrogens is 371 g/mol.